The standard InChI is InChI=1S/C17H32N2O6.C2H6/c1-4-15(20)5-9-23-11-7-18-16(21)6-10-24-12-8-19-17(22)13-25-14(2)3;1-2/h14H,4-13H2,1-3H3,(H,18,21)(H,19,22);1-2H3. The number of nitrogens with one attached hydrogen (secondary N) is 2. The van der Waals surface area contributed by atoms with Crippen molar-refractivity contribution < 1.29 is 28.6 Å². The molecule has 0 aliphatic carbocycles. The Morgan fingerprint density at radius 1 is 0.815 bits per heavy atom. The highest BCUT2D eigenvalue weighted by Gasteiger charge is 2.04. The lowest BCUT2D eigenvalue weighted by atomic mass is 10.2. The third-order valence-corrected chi connectivity index (χ3v) is 3.08. The summed E-state index contributed by atoms with van der Waals surface area (Å²) in [5.41, 5.74) is 0. The van der Waals surface area contributed by atoms with Gasteiger partial charge in [0.25, 0.3) is 0 Å². The van der Waals surface area contributed by atoms with Crippen LogP contribution in [0, 0.1) is 0 Å². The molecule has 2 amide bonds. The lowest BCUT2D eigenvalue weighted by molar-refractivity contribution is -0.127. The van der Waals surface area contributed by atoms with E-state index in [0.29, 0.717) is 45.8 Å². The Labute approximate surface area is 163 Å². The molecule has 0 aromatic rings. The number of hydrogen-bond donors (Lipinski definition) is 2. The topological polar surface area (TPSA) is 103 Å². The van der Waals surface area contributed by atoms with Gasteiger partial charge >= 0.3 is 0 Å². The Morgan fingerprint density at radius 2 is 1.33 bits per heavy atom. The van der Waals surface area contributed by atoms with Crippen LogP contribution in [0.2, 0.25) is 0 Å². The van der Waals surface area contributed by atoms with Gasteiger partial charge in [-0.15, -0.1) is 0 Å². The van der Waals surface area contributed by atoms with Crippen molar-refractivity contribution in [3.63, 3.8) is 0 Å². The van der Waals surface area contributed by atoms with E-state index in [1.54, 1.807) is 0 Å². The van der Waals surface area contributed by atoms with Gasteiger partial charge in [0.15, 0.2) is 0 Å². The molecule has 0 atom stereocenters. The average Bonchev–Trinajstić information content (AvgIpc) is 2.66. The van der Waals surface area contributed by atoms with E-state index in [4.69, 9.17) is 14.2 Å². The van der Waals surface area contributed by atoms with Gasteiger partial charge in [-0.2, -0.15) is 0 Å². The minimum Gasteiger partial charge on any atom is -0.379 e. The number of ketones is 1. The highest BCUT2D eigenvalue weighted by Crippen LogP contribution is 1.90. The Morgan fingerprint density at radius 3 is 1.85 bits per heavy atom. The molecule has 2 N–H and O–H groups in total. The molecule has 0 unspecified atom stereocenters. The van der Waals surface area contributed by atoms with Crippen LogP contribution in [0.1, 0.15) is 53.9 Å². The number of carbonyl (C=O) groups is 3. The molecule has 0 saturated heterocycles. The molecule has 27 heavy (non-hydrogen) atoms. The summed E-state index contributed by atoms with van der Waals surface area (Å²) < 4.78 is 15.7. The molecule has 0 aromatic heterocycles. The first-order valence-electron chi connectivity index (χ1n) is 9.77. The van der Waals surface area contributed by atoms with Gasteiger partial charge in [0, 0.05) is 32.4 Å². The van der Waals surface area contributed by atoms with Crippen LogP contribution in [0.25, 0.3) is 0 Å². The monoisotopic (exact) mass is 390 g/mol. The van der Waals surface area contributed by atoms with Crippen LogP contribution >= 0.6 is 0 Å². The van der Waals surface area contributed by atoms with Crippen LogP contribution in [0.15, 0.2) is 0 Å². The van der Waals surface area contributed by atoms with Crippen molar-refractivity contribution >= 4 is 17.6 Å². The van der Waals surface area contributed by atoms with E-state index in [1.807, 2.05) is 34.6 Å². The summed E-state index contributed by atoms with van der Waals surface area (Å²) in [6.45, 7) is 11.8. The lowest BCUT2D eigenvalue weighted by Crippen LogP contribution is -2.32. The number of Topliss-reactive ketones (excluding diaryl/α,β-unsaturated/α-hetero) is 1. The number of ether oxygens (including phenoxy) is 3. The molecule has 8 heteroatoms. The van der Waals surface area contributed by atoms with Crippen LogP contribution in [0.4, 0.5) is 0 Å². The van der Waals surface area contributed by atoms with E-state index >= 15 is 0 Å². The minimum absolute atomic E-state index is 0.0183. The number of carbonyl (C=O) groups excluding carboxylic acids is 3. The summed E-state index contributed by atoms with van der Waals surface area (Å²) in [4.78, 5) is 33.9. The Bertz CT molecular complexity index is 388. The zero-order chi connectivity index (χ0) is 20.9. The van der Waals surface area contributed by atoms with Gasteiger partial charge in [-0.25, -0.2) is 0 Å². The SMILES string of the molecule is CC.CCC(=O)CCOCCNC(=O)CCOCCNC(=O)COC(C)C. The van der Waals surface area contributed by atoms with E-state index in [1.165, 1.54) is 0 Å². The van der Waals surface area contributed by atoms with Gasteiger partial charge in [0.2, 0.25) is 11.8 Å². The second-order valence-corrected chi connectivity index (χ2v) is 5.68. The van der Waals surface area contributed by atoms with E-state index in [2.05, 4.69) is 10.6 Å². The third-order valence-electron chi connectivity index (χ3n) is 3.08. The molecule has 0 saturated carbocycles. The second kappa shape index (κ2) is 20.8. The maximum Gasteiger partial charge on any atom is 0.246 e. The summed E-state index contributed by atoms with van der Waals surface area (Å²) in [6, 6.07) is 0. The molecular weight excluding hydrogens is 352 g/mol. The van der Waals surface area contributed by atoms with Gasteiger partial charge < -0.3 is 24.8 Å². The van der Waals surface area contributed by atoms with Crippen LogP contribution in [0.5, 0.6) is 0 Å². The van der Waals surface area contributed by atoms with Crippen molar-refractivity contribution in [3.05, 3.63) is 0 Å². The summed E-state index contributed by atoms with van der Waals surface area (Å²) in [6.07, 6.45) is 1.21. The molecule has 0 aliphatic heterocycles. The van der Waals surface area contributed by atoms with E-state index in [9.17, 15) is 14.4 Å². The average molecular weight is 391 g/mol. The summed E-state index contributed by atoms with van der Waals surface area (Å²) in [5, 5.41) is 5.37. The number of rotatable bonds is 16. The highest BCUT2D eigenvalue weighted by molar-refractivity contribution is 5.78. The first-order valence-corrected chi connectivity index (χ1v) is 9.77. The molecule has 0 heterocycles. The molecule has 0 radical (unpaired) electrons. The largest absolute Gasteiger partial charge is 0.379 e. The van der Waals surface area contributed by atoms with Gasteiger partial charge in [-0.05, 0) is 13.8 Å². The fourth-order valence-corrected chi connectivity index (χ4v) is 1.64. The molecule has 0 rings (SSSR count). The number of hydrogen-bond acceptors (Lipinski definition) is 6. The smallest absolute Gasteiger partial charge is 0.246 e. The first-order chi connectivity index (χ1) is 13.0. The summed E-state index contributed by atoms with van der Waals surface area (Å²) in [7, 11) is 0. The van der Waals surface area contributed by atoms with Crippen LogP contribution in [0.3, 0.4) is 0 Å². The summed E-state index contributed by atoms with van der Waals surface area (Å²) >= 11 is 0. The normalized spacial score (nSPS) is 10.1. The van der Waals surface area contributed by atoms with Crippen molar-refractivity contribution in [3.8, 4) is 0 Å². The maximum absolute atomic E-state index is 11.5. The third kappa shape index (κ3) is 22.4. The van der Waals surface area contributed by atoms with Gasteiger partial charge in [-0.3, -0.25) is 14.4 Å². The number of amides is 2. The molecule has 0 aliphatic rings. The van der Waals surface area contributed by atoms with Crippen molar-refractivity contribution in [2.24, 2.45) is 0 Å². The maximum atomic E-state index is 11.5. The van der Waals surface area contributed by atoms with Crippen molar-refractivity contribution in [1.29, 1.82) is 0 Å². The fraction of sp³-hybridized carbons (Fsp3) is 0.842. The zero-order valence-corrected chi connectivity index (χ0v) is 17.6. The van der Waals surface area contributed by atoms with Gasteiger partial charge in [0.05, 0.1) is 32.5 Å². The Hall–Kier alpha value is -1.51. The van der Waals surface area contributed by atoms with Crippen LogP contribution in [-0.2, 0) is 28.6 Å². The molecule has 0 bridgehead atoms. The van der Waals surface area contributed by atoms with Crippen molar-refractivity contribution in [1.82, 2.24) is 10.6 Å². The summed E-state index contributed by atoms with van der Waals surface area (Å²) in [5.74, 6) is -0.136. The lowest BCUT2D eigenvalue weighted by Gasteiger charge is -2.09. The van der Waals surface area contributed by atoms with Crippen molar-refractivity contribution in [2.75, 3.05) is 46.1 Å². The molecule has 0 spiro atoms. The quantitative estimate of drug-likeness (QED) is 0.387. The Balaban J connectivity index is 0. The molecule has 0 aromatic carbocycles. The van der Waals surface area contributed by atoms with E-state index in [-0.39, 0.29) is 43.3 Å². The van der Waals surface area contributed by atoms with Crippen LogP contribution in [-0.4, -0.2) is 69.8 Å². The fourth-order valence-electron chi connectivity index (χ4n) is 1.64. The molecule has 0 fully saturated rings. The molecule has 160 valence electrons. The zero-order valence-electron chi connectivity index (χ0n) is 17.6. The predicted octanol–water partition coefficient (Wildman–Crippen LogP) is 1.46. The second-order valence-electron chi connectivity index (χ2n) is 5.68. The van der Waals surface area contributed by atoms with E-state index < -0.39 is 0 Å². The Kier molecular flexibility index (Phi) is 21.3. The van der Waals surface area contributed by atoms with E-state index in [0.717, 1.165) is 0 Å². The van der Waals surface area contributed by atoms with Crippen LogP contribution < -0.4 is 10.6 Å². The first kappa shape index (κ1) is 27.7. The molecular formula is C19H38N2O6. The van der Waals surface area contributed by atoms with Gasteiger partial charge in [0.1, 0.15) is 12.4 Å². The predicted molar refractivity (Wildman–Crippen MR) is 105 cm³/mol. The van der Waals surface area contributed by atoms with Gasteiger partial charge in [-0.1, -0.05) is 20.8 Å². The van der Waals surface area contributed by atoms with Crippen molar-refractivity contribution in [2.45, 2.75) is 60.0 Å². The minimum atomic E-state index is -0.185. The molecule has 8 nitrogen and oxygen atoms in total. The highest BCUT2D eigenvalue weighted by atomic mass is 16.5.